The van der Waals surface area contributed by atoms with Crippen molar-refractivity contribution in [2.45, 2.75) is 26.2 Å². The molecule has 2 aromatic heterocycles. The summed E-state index contributed by atoms with van der Waals surface area (Å²) in [5.74, 6) is 0. The van der Waals surface area contributed by atoms with Gasteiger partial charge in [-0.3, -0.25) is 4.79 Å². The Morgan fingerprint density at radius 1 is 1.36 bits per heavy atom. The van der Waals surface area contributed by atoms with Crippen LogP contribution in [0.25, 0.3) is 16.3 Å². The number of para-hydroxylation sites is 1. The van der Waals surface area contributed by atoms with Crippen LogP contribution in [-0.2, 0) is 11.2 Å². The quantitative estimate of drug-likeness (QED) is 0.470. The summed E-state index contributed by atoms with van der Waals surface area (Å²) in [5, 5.41) is 8.30. The van der Waals surface area contributed by atoms with E-state index in [-0.39, 0.29) is 0 Å². The highest BCUT2D eigenvalue weighted by atomic mass is 35.5. The van der Waals surface area contributed by atoms with E-state index in [4.69, 9.17) is 11.6 Å². The van der Waals surface area contributed by atoms with Gasteiger partial charge in [-0.05, 0) is 39.2 Å². The summed E-state index contributed by atoms with van der Waals surface area (Å²) in [5.41, 5.74) is 3.94. The number of thiazole rings is 1. The molecule has 0 fully saturated rings. The lowest BCUT2D eigenvalue weighted by molar-refractivity contribution is -0.105. The number of carbonyl (C=O) groups is 1. The minimum atomic E-state index is 0.604. The second-order valence-corrected chi connectivity index (χ2v) is 8.18. The van der Waals surface area contributed by atoms with Crippen LogP contribution in [0.1, 0.15) is 31.0 Å². The van der Waals surface area contributed by atoms with Gasteiger partial charge in [0.2, 0.25) is 6.41 Å². The van der Waals surface area contributed by atoms with E-state index in [1.807, 2.05) is 35.1 Å². The van der Waals surface area contributed by atoms with Crippen LogP contribution in [0.5, 0.6) is 0 Å². The first kappa shape index (κ1) is 20.5. The highest BCUT2D eigenvalue weighted by Gasteiger charge is 2.28. The number of anilines is 1. The molecule has 0 atom stereocenters. The molecule has 148 valence electrons. The molecule has 0 aliphatic heterocycles. The second-order valence-electron chi connectivity index (χ2n) is 6.77. The van der Waals surface area contributed by atoms with Crippen LogP contribution >= 0.6 is 22.9 Å². The minimum absolute atomic E-state index is 0.604. The number of nitrogens with zero attached hydrogens (tertiary/aromatic N) is 4. The van der Waals surface area contributed by atoms with E-state index < -0.39 is 0 Å². The van der Waals surface area contributed by atoms with E-state index in [0.717, 1.165) is 33.9 Å². The van der Waals surface area contributed by atoms with Gasteiger partial charge in [0.25, 0.3) is 0 Å². The minimum Gasteiger partial charge on any atom is -0.309 e. The molecule has 0 saturated heterocycles. The van der Waals surface area contributed by atoms with Gasteiger partial charge in [-0.15, -0.1) is 0 Å². The Labute approximate surface area is 174 Å². The monoisotopic (exact) mass is 417 g/mol. The van der Waals surface area contributed by atoms with Crippen molar-refractivity contribution in [1.29, 1.82) is 0 Å². The summed E-state index contributed by atoms with van der Waals surface area (Å²) in [6, 6.07) is 7.59. The molecule has 6 nitrogen and oxygen atoms in total. The molecule has 3 aromatic rings. The molecule has 2 heterocycles. The normalized spacial score (nSPS) is 11.6. The average Bonchev–Trinajstić information content (AvgIpc) is 3.32. The molecule has 1 amide bonds. The first-order valence-electron chi connectivity index (χ1n) is 9.22. The average molecular weight is 418 g/mol. The van der Waals surface area contributed by atoms with E-state index >= 15 is 0 Å². The molecule has 0 radical (unpaired) electrons. The van der Waals surface area contributed by atoms with Crippen LogP contribution in [0.3, 0.4) is 0 Å². The SMILES string of the molecule is CCCCN(C)C.O=CNc1nc2c(s1)-c1c(cnn1-c1ccccc1Cl)C2. The predicted molar refractivity (Wildman–Crippen MR) is 116 cm³/mol. The Hall–Kier alpha value is -2.22. The number of halogens is 1. The Kier molecular flexibility index (Phi) is 6.83. The highest BCUT2D eigenvalue weighted by molar-refractivity contribution is 7.19. The lowest BCUT2D eigenvalue weighted by atomic mass is 10.2. The first-order chi connectivity index (χ1) is 13.5. The molecule has 0 unspecified atom stereocenters. The fourth-order valence-electron chi connectivity index (χ4n) is 2.98. The van der Waals surface area contributed by atoms with E-state index in [1.165, 1.54) is 30.7 Å². The van der Waals surface area contributed by atoms with Crippen molar-refractivity contribution >= 4 is 34.5 Å². The summed E-state index contributed by atoms with van der Waals surface area (Å²) in [6.45, 7) is 3.44. The number of aromatic nitrogens is 3. The second kappa shape index (κ2) is 9.32. The lowest BCUT2D eigenvalue weighted by Gasteiger charge is -2.07. The third kappa shape index (κ3) is 4.43. The number of benzene rings is 1. The van der Waals surface area contributed by atoms with Gasteiger partial charge in [-0.1, -0.05) is 48.4 Å². The van der Waals surface area contributed by atoms with Crippen molar-refractivity contribution in [3.05, 3.63) is 46.7 Å². The highest BCUT2D eigenvalue weighted by Crippen LogP contribution is 2.43. The summed E-state index contributed by atoms with van der Waals surface area (Å²) in [7, 11) is 4.21. The van der Waals surface area contributed by atoms with Crippen LogP contribution in [0, 0.1) is 0 Å². The van der Waals surface area contributed by atoms with Crippen molar-refractivity contribution in [2.75, 3.05) is 26.0 Å². The fraction of sp³-hybridized carbons (Fsp3) is 0.350. The molecule has 1 N–H and O–H groups in total. The number of carbonyl (C=O) groups excluding carboxylic acids is 1. The maximum absolute atomic E-state index is 10.6. The van der Waals surface area contributed by atoms with Gasteiger partial charge in [0, 0.05) is 12.0 Å². The van der Waals surface area contributed by atoms with Crippen molar-refractivity contribution in [2.24, 2.45) is 0 Å². The summed E-state index contributed by atoms with van der Waals surface area (Å²) in [6.07, 6.45) is 5.84. The van der Waals surface area contributed by atoms with Gasteiger partial charge in [0.05, 0.1) is 33.2 Å². The van der Waals surface area contributed by atoms with E-state index in [1.54, 1.807) is 0 Å². The van der Waals surface area contributed by atoms with Crippen molar-refractivity contribution in [1.82, 2.24) is 19.7 Å². The molecule has 1 aliphatic carbocycles. The van der Waals surface area contributed by atoms with Gasteiger partial charge < -0.3 is 10.2 Å². The van der Waals surface area contributed by atoms with Crippen LogP contribution in [0.15, 0.2) is 30.5 Å². The lowest BCUT2D eigenvalue weighted by Crippen LogP contribution is -2.12. The predicted octanol–water partition coefficient (Wildman–Crippen LogP) is 4.47. The largest absolute Gasteiger partial charge is 0.309 e. The zero-order valence-electron chi connectivity index (χ0n) is 16.3. The first-order valence-corrected chi connectivity index (χ1v) is 10.4. The maximum atomic E-state index is 10.6. The Balaban J connectivity index is 0.000000279. The Bertz CT molecular complexity index is 950. The molecule has 0 bridgehead atoms. The number of amides is 1. The molecule has 28 heavy (non-hydrogen) atoms. The summed E-state index contributed by atoms with van der Waals surface area (Å²) in [4.78, 5) is 18.2. The Morgan fingerprint density at radius 3 is 2.79 bits per heavy atom. The van der Waals surface area contributed by atoms with E-state index in [2.05, 4.69) is 41.3 Å². The fourth-order valence-corrected chi connectivity index (χ4v) is 4.21. The zero-order valence-corrected chi connectivity index (χ0v) is 17.8. The molecular weight excluding hydrogens is 394 g/mol. The standard InChI is InChI=1S/C14H9ClN4OS.C6H15N/c15-9-3-1-2-4-11(9)19-12-8(6-17-19)5-10-13(12)21-14(18-10)16-7-20;1-4-5-6-7(2)3/h1-4,6-7H,5H2,(H,16,18,20);4-6H2,1-3H3. The smallest absolute Gasteiger partial charge is 0.213 e. The number of hydrogen-bond acceptors (Lipinski definition) is 5. The van der Waals surface area contributed by atoms with Gasteiger partial charge in [-0.25, -0.2) is 9.67 Å². The summed E-state index contributed by atoms with van der Waals surface area (Å²) < 4.78 is 1.84. The third-order valence-electron chi connectivity index (χ3n) is 4.34. The number of hydrogen-bond donors (Lipinski definition) is 1. The topological polar surface area (TPSA) is 63.1 Å². The Morgan fingerprint density at radius 2 is 2.14 bits per heavy atom. The molecule has 1 aromatic carbocycles. The van der Waals surface area contributed by atoms with Gasteiger partial charge >= 0.3 is 0 Å². The van der Waals surface area contributed by atoms with Crippen molar-refractivity contribution in [3.8, 4) is 16.3 Å². The maximum Gasteiger partial charge on any atom is 0.213 e. The molecular formula is C20H24ClN5OS. The van der Waals surface area contributed by atoms with Gasteiger partial charge in [-0.2, -0.15) is 5.10 Å². The van der Waals surface area contributed by atoms with Crippen molar-refractivity contribution in [3.63, 3.8) is 0 Å². The van der Waals surface area contributed by atoms with Crippen LogP contribution in [0.2, 0.25) is 5.02 Å². The third-order valence-corrected chi connectivity index (χ3v) is 5.69. The van der Waals surface area contributed by atoms with Gasteiger partial charge in [0.15, 0.2) is 5.13 Å². The molecule has 0 saturated carbocycles. The molecule has 0 spiro atoms. The van der Waals surface area contributed by atoms with Crippen LogP contribution < -0.4 is 5.32 Å². The van der Waals surface area contributed by atoms with E-state index in [9.17, 15) is 4.79 Å². The number of unbranched alkanes of at least 4 members (excludes halogenated alkanes) is 1. The van der Waals surface area contributed by atoms with Crippen LogP contribution in [-0.4, -0.2) is 46.7 Å². The number of fused-ring (bicyclic) bond motifs is 3. The van der Waals surface area contributed by atoms with E-state index in [0.29, 0.717) is 16.6 Å². The summed E-state index contributed by atoms with van der Waals surface area (Å²) >= 11 is 7.72. The molecule has 8 heteroatoms. The molecule has 1 aliphatic rings. The number of nitrogens with one attached hydrogen (secondary N) is 1. The molecule has 4 rings (SSSR count). The number of rotatable bonds is 6. The van der Waals surface area contributed by atoms with Gasteiger partial charge in [0.1, 0.15) is 0 Å². The van der Waals surface area contributed by atoms with Crippen molar-refractivity contribution < 1.29 is 4.79 Å². The zero-order chi connectivity index (χ0) is 20.1. The van der Waals surface area contributed by atoms with Crippen LogP contribution in [0.4, 0.5) is 5.13 Å².